The van der Waals surface area contributed by atoms with Gasteiger partial charge in [-0.25, -0.2) is 8.42 Å². The van der Waals surface area contributed by atoms with Crippen LogP contribution in [-0.4, -0.2) is 8.42 Å². The predicted molar refractivity (Wildman–Crippen MR) is 80.1 cm³/mol. The van der Waals surface area contributed by atoms with E-state index in [4.69, 9.17) is 21.3 Å². The lowest BCUT2D eigenvalue weighted by atomic mass is 10.3. The number of anilines is 1. The summed E-state index contributed by atoms with van der Waals surface area (Å²) in [5.74, 6) is -0.0792. The monoisotopic (exact) mass is 322 g/mol. The van der Waals surface area contributed by atoms with Crippen LogP contribution >= 0.6 is 11.6 Å². The molecule has 0 aliphatic heterocycles. The van der Waals surface area contributed by atoms with E-state index < -0.39 is 9.84 Å². The summed E-state index contributed by atoms with van der Waals surface area (Å²) in [7, 11) is -3.76. The number of nitrogens with one attached hydrogen (secondary N) is 1. The summed E-state index contributed by atoms with van der Waals surface area (Å²) < 4.78 is 29.2. The fourth-order valence-corrected chi connectivity index (χ4v) is 2.74. The summed E-state index contributed by atoms with van der Waals surface area (Å²) in [6.45, 7) is 0. The van der Waals surface area contributed by atoms with Gasteiger partial charge in [-0.3, -0.25) is 0 Å². The summed E-state index contributed by atoms with van der Waals surface area (Å²) >= 11 is 5.75. The average Bonchev–Trinajstić information content (AvgIpc) is 2.93. The van der Waals surface area contributed by atoms with Crippen molar-refractivity contribution in [2.75, 3.05) is 5.32 Å². The van der Waals surface area contributed by atoms with Crippen LogP contribution in [0, 0.1) is 11.3 Å². The van der Waals surface area contributed by atoms with Gasteiger partial charge in [0.15, 0.2) is 14.7 Å². The third kappa shape index (κ3) is 4.12. The first kappa shape index (κ1) is 15.2. The standard InChI is InChI=1S/C14H11ClN2O3S/c15-11-3-5-12(6-4-11)17-9-14(8-16)21(18,19)10-13-2-1-7-20-13/h1-7,9,17H,10H2/b14-9+. The average molecular weight is 323 g/mol. The first-order valence-electron chi connectivity index (χ1n) is 5.89. The Balaban J connectivity index is 2.16. The second kappa shape index (κ2) is 6.48. The zero-order valence-corrected chi connectivity index (χ0v) is 12.4. The maximum absolute atomic E-state index is 12.1. The highest BCUT2D eigenvalue weighted by molar-refractivity contribution is 7.94. The highest BCUT2D eigenvalue weighted by atomic mass is 35.5. The van der Waals surface area contributed by atoms with Gasteiger partial charge in [0.2, 0.25) is 0 Å². The lowest BCUT2D eigenvalue weighted by molar-refractivity contribution is 0.522. The zero-order chi connectivity index (χ0) is 15.3. The van der Waals surface area contributed by atoms with Crippen LogP contribution in [0.15, 0.2) is 58.2 Å². The molecule has 0 fully saturated rings. The molecule has 0 saturated heterocycles. The SMILES string of the molecule is N#C/C(=C\Nc1ccc(Cl)cc1)S(=O)(=O)Cc1ccco1. The molecule has 1 heterocycles. The predicted octanol–water partition coefficient (Wildman–Crippen LogP) is 3.32. The Kier molecular flexibility index (Phi) is 4.68. The number of nitriles is 1. The minimum Gasteiger partial charge on any atom is -0.468 e. The molecule has 2 aromatic rings. The first-order valence-corrected chi connectivity index (χ1v) is 7.92. The smallest absolute Gasteiger partial charge is 0.197 e. The van der Waals surface area contributed by atoms with Crippen molar-refractivity contribution in [3.05, 3.63) is 64.5 Å². The van der Waals surface area contributed by atoms with Crippen molar-refractivity contribution >= 4 is 27.1 Å². The summed E-state index contributed by atoms with van der Waals surface area (Å²) in [5.41, 5.74) is 0.625. The Morgan fingerprint density at radius 1 is 1.33 bits per heavy atom. The van der Waals surface area contributed by atoms with E-state index in [0.717, 1.165) is 6.20 Å². The summed E-state index contributed by atoms with van der Waals surface area (Å²) in [4.78, 5) is -0.367. The van der Waals surface area contributed by atoms with E-state index in [1.54, 1.807) is 42.5 Å². The van der Waals surface area contributed by atoms with Crippen molar-refractivity contribution in [3.8, 4) is 6.07 Å². The third-order valence-corrected chi connectivity index (χ3v) is 4.37. The number of rotatable bonds is 5. The van der Waals surface area contributed by atoms with Crippen LogP contribution in [0.1, 0.15) is 5.76 Å². The molecular formula is C14H11ClN2O3S. The minimum absolute atomic E-state index is 0.280. The highest BCUT2D eigenvalue weighted by Gasteiger charge is 2.20. The quantitative estimate of drug-likeness (QED) is 0.854. The summed E-state index contributed by atoms with van der Waals surface area (Å²) in [5, 5.41) is 12.3. The molecule has 1 aromatic carbocycles. The Labute approximate surface area is 127 Å². The molecule has 1 N–H and O–H groups in total. The maximum Gasteiger partial charge on any atom is 0.197 e. The molecule has 0 radical (unpaired) electrons. The van der Waals surface area contributed by atoms with Crippen molar-refractivity contribution in [1.82, 2.24) is 0 Å². The number of halogens is 1. The zero-order valence-electron chi connectivity index (χ0n) is 10.8. The van der Waals surface area contributed by atoms with Crippen molar-refractivity contribution in [2.45, 2.75) is 5.75 Å². The van der Waals surface area contributed by atoms with Crippen LogP contribution in [0.25, 0.3) is 0 Å². The highest BCUT2D eigenvalue weighted by Crippen LogP contribution is 2.17. The Morgan fingerprint density at radius 3 is 2.62 bits per heavy atom. The van der Waals surface area contributed by atoms with Crippen LogP contribution in [0.3, 0.4) is 0 Å². The molecule has 108 valence electrons. The van der Waals surface area contributed by atoms with E-state index in [0.29, 0.717) is 10.7 Å². The lowest BCUT2D eigenvalue weighted by Crippen LogP contribution is -2.07. The van der Waals surface area contributed by atoms with Crippen LogP contribution < -0.4 is 5.32 Å². The fourth-order valence-electron chi connectivity index (χ4n) is 1.55. The van der Waals surface area contributed by atoms with Crippen molar-refractivity contribution in [3.63, 3.8) is 0 Å². The Bertz CT molecular complexity index is 773. The van der Waals surface area contributed by atoms with Gasteiger partial charge in [0, 0.05) is 16.9 Å². The molecule has 0 spiro atoms. The number of hydrogen-bond acceptors (Lipinski definition) is 5. The minimum atomic E-state index is -3.76. The van der Waals surface area contributed by atoms with E-state index >= 15 is 0 Å². The molecule has 7 heteroatoms. The van der Waals surface area contributed by atoms with Crippen molar-refractivity contribution < 1.29 is 12.8 Å². The van der Waals surface area contributed by atoms with Gasteiger partial charge in [-0.15, -0.1) is 0 Å². The summed E-state index contributed by atoms with van der Waals surface area (Å²) in [6, 6.07) is 11.5. The van der Waals surface area contributed by atoms with Gasteiger partial charge in [-0.2, -0.15) is 5.26 Å². The Morgan fingerprint density at radius 2 is 2.05 bits per heavy atom. The van der Waals surface area contributed by atoms with Gasteiger partial charge < -0.3 is 9.73 Å². The Hall–Kier alpha value is -2.23. The van der Waals surface area contributed by atoms with Crippen LogP contribution in [-0.2, 0) is 15.6 Å². The number of benzene rings is 1. The molecule has 0 unspecified atom stereocenters. The van der Waals surface area contributed by atoms with E-state index in [-0.39, 0.29) is 16.4 Å². The molecule has 0 aliphatic rings. The molecule has 5 nitrogen and oxygen atoms in total. The number of hydrogen-bond donors (Lipinski definition) is 1. The molecule has 1 aromatic heterocycles. The fraction of sp³-hybridized carbons (Fsp3) is 0.0714. The van der Waals surface area contributed by atoms with E-state index in [1.165, 1.54) is 6.26 Å². The summed E-state index contributed by atoms with van der Waals surface area (Å²) in [6.07, 6.45) is 2.54. The molecule has 0 aliphatic carbocycles. The molecule has 2 rings (SSSR count). The van der Waals surface area contributed by atoms with Crippen LogP contribution in [0.4, 0.5) is 5.69 Å². The molecule has 21 heavy (non-hydrogen) atoms. The van der Waals surface area contributed by atoms with Gasteiger partial charge in [-0.1, -0.05) is 11.6 Å². The topological polar surface area (TPSA) is 83.1 Å². The lowest BCUT2D eigenvalue weighted by Gasteiger charge is -2.03. The van der Waals surface area contributed by atoms with Crippen molar-refractivity contribution in [2.24, 2.45) is 0 Å². The number of sulfone groups is 1. The largest absolute Gasteiger partial charge is 0.468 e. The second-order valence-electron chi connectivity index (χ2n) is 4.11. The van der Waals surface area contributed by atoms with E-state index in [1.807, 2.05) is 0 Å². The number of nitrogens with zero attached hydrogens (tertiary/aromatic N) is 1. The van der Waals surface area contributed by atoms with Crippen LogP contribution in [0.5, 0.6) is 0 Å². The second-order valence-corrected chi connectivity index (χ2v) is 6.50. The normalized spacial score (nSPS) is 11.9. The van der Waals surface area contributed by atoms with E-state index in [9.17, 15) is 8.42 Å². The van der Waals surface area contributed by atoms with Crippen LogP contribution in [0.2, 0.25) is 5.02 Å². The van der Waals surface area contributed by atoms with Gasteiger partial charge in [-0.05, 0) is 36.4 Å². The van der Waals surface area contributed by atoms with Gasteiger partial charge in [0.25, 0.3) is 0 Å². The molecule has 0 saturated carbocycles. The molecule has 0 amide bonds. The third-order valence-electron chi connectivity index (χ3n) is 2.57. The molecular weight excluding hydrogens is 312 g/mol. The molecule has 0 bridgehead atoms. The van der Waals surface area contributed by atoms with Gasteiger partial charge in [0.1, 0.15) is 17.6 Å². The van der Waals surface area contributed by atoms with E-state index in [2.05, 4.69) is 5.32 Å². The van der Waals surface area contributed by atoms with Crippen molar-refractivity contribution in [1.29, 1.82) is 5.26 Å². The maximum atomic E-state index is 12.1. The number of allylic oxidation sites excluding steroid dienone is 1. The first-order chi connectivity index (χ1) is 10.0. The molecule has 0 atom stereocenters. The van der Waals surface area contributed by atoms with Gasteiger partial charge >= 0.3 is 0 Å². The number of furan rings is 1. The van der Waals surface area contributed by atoms with Gasteiger partial charge in [0.05, 0.1) is 6.26 Å².